The van der Waals surface area contributed by atoms with Crippen LogP contribution in [0.4, 0.5) is 0 Å². The summed E-state index contributed by atoms with van der Waals surface area (Å²) in [6.45, 7) is 2.16. The van der Waals surface area contributed by atoms with Crippen molar-refractivity contribution >= 4 is 10.0 Å². The SMILES string of the molecule is COc1ccc(S(=O)(=O)NCC2(Cc3ccc(CCOCC4CC4)cc3)CCC2)cc1. The van der Waals surface area contributed by atoms with Crippen molar-refractivity contribution in [1.82, 2.24) is 4.72 Å². The van der Waals surface area contributed by atoms with Gasteiger partial charge in [-0.3, -0.25) is 0 Å². The van der Waals surface area contributed by atoms with E-state index in [0.717, 1.165) is 51.2 Å². The van der Waals surface area contributed by atoms with Gasteiger partial charge < -0.3 is 9.47 Å². The topological polar surface area (TPSA) is 64.6 Å². The van der Waals surface area contributed by atoms with Crippen molar-refractivity contribution in [3.8, 4) is 5.75 Å². The highest BCUT2D eigenvalue weighted by molar-refractivity contribution is 7.89. The van der Waals surface area contributed by atoms with Crippen molar-refractivity contribution in [1.29, 1.82) is 0 Å². The molecule has 0 saturated heterocycles. The van der Waals surface area contributed by atoms with Crippen molar-refractivity contribution < 1.29 is 17.9 Å². The highest BCUT2D eigenvalue weighted by Crippen LogP contribution is 2.43. The van der Waals surface area contributed by atoms with Gasteiger partial charge >= 0.3 is 0 Å². The summed E-state index contributed by atoms with van der Waals surface area (Å²) in [5, 5.41) is 0. The molecule has 0 spiro atoms. The molecule has 5 nitrogen and oxygen atoms in total. The van der Waals surface area contributed by atoms with Crippen LogP contribution in [0.25, 0.3) is 0 Å². The van der Waals surface area contributed by atoms with Crippen LogP contribution in [0.1, 0.15) is 43.2 Å². The molecule has 0 bridgehead atoms. The third-order valence-corrected chi connectivity index (χ3v) is 8.03. The minimum Gasteiger partial charge on any atom is -0.497 e. The van der Waals surface area contributed by atoms with E-state index in [0.29, 0.717) is 12.3 Å². The van der Waals surface area contributed by atoms with E-state index in [4.69, 9.17) is 9.47 Å². The molecule has 6 heteroatoms. The minimum absolute atomic E-state index is 0.00837. The number of methoxy groups -OCH3 is 1. The van der Waals surface area contributed by atoms with Gasteiger partial charge in [0.2, 0.25) is 10.0 Å². The number of hydrogen-bond donors (Lipinski definition) is 1. The molecule has 0 aromatic heterocycles. The molecule has 31 heavy (non-hydrogen) atoms. The summed E-state index contributed by atoms with van der Waals surface area (Å²) >= 11 is 0. The molecule has 1 N–H and O–H groups in total. The lowest BCUT2D eigenvalue weighted by molar-refractivity contribution is 0.127. The van der Waals surface area contributed by atoms with Crippen LogP contribution in [0.5, 0.6) is 5.75 Å². The summed E-state index contributed by atoms with van der Waals surface area (Å²) in [6, 6.07) is 15.3. The Hall–Kier alpha value is -1.89. The Kier molecular flexibility index (Phi) is 6.99. The first-order valence-electron chi connectivity index (χ1n) is 11.3. The molecule has 0 radical (unpaired) electrons. The van der Waals surface area contributed by atoms with Gasteiger partial charge in [-0.1, -0.05) is 30.7 Å². The summed E-state index contributed by atoms with van der Waals surface area (Å²) < 4.78 is 39.2. The number of rotatable bonds is 12. The van der Waals surface area contributed by atoms with Gasteiger partial charge in [0, 0.05) is 13.2 Å². The van der Waals surface area contributed by atoms with Crippen LogP contribution in [-0.4, -0.2) is 35.3 Å². The third kappa shape index (κ3) is 6.09. The van der Waals surface area contributed by atoms with Crippen LogP contribution >= 0.6 is 0 Å². The Morgan fingerprint density at radius 2 is 1.68 bits per heavy atom. The highest BCUT2D eigenvalue weighted by atomic mass is 32.2. The van der Waals surface area contributed by atoms with E-state index < -0.39 is 10.0 Å². The quantitative estimate of drug-likeness (QED) is 0.495. The zero-order chi connectivity index (χ0) is 21.7. The fraction of sp³-hybridized carbons (Fsp3) is 0.520. The van der Waals surface area contributed by atoms with Crippen LogP contribution in [0.3, 0.4) is 0 Å². The summed E-state index contributed by atoms with van der Waals surface area (Å²) in [4.78, 5) is 0.274. The van der Waals surface area contributed by atoms with Crippen LogP contribution in [0.2, 0.25) is 0 Å². The van der Waals surface area contributed by atoms with Crippen molar-refractivity contribution in [2.45, 2.75) is 49.8 Å². The molecule has 2 fully saturated rings. The monoisotopic (exact) mass is 443 g/mol. The van der Waals surface area contributed by atoms with E-state index in [2.05, 4.69) is 29.0 Å². The molecule has 168 valence electrons. The normalized spacial score (nSPS) is 17.8. The second-order valence-electron chi connectivity index (χ2n) is 9.12. The molecule has 0 aliphatic heterocycles. The second-order valence-corrected chi connectivity index (χ2v) is 10.9. The van der Waals surface area contributed by atoms with Gasteiger partial charge in [0.15, 0.2) is 0 Å². The maximum absolute atomic E-state index is 12.7. The van der Waals surface area contributed by atoms with E-state index in [-0.39, 0.29) is 10.3 Å². The highest BCUT2D eigenvalue weighted by Gasteiger charge is 2.38. The van der Waals surface area contributed by atoms with Crippen molar-refractivity contribution in [2.75, 3.05) is 26.9 Å². The summed E-state index contributed by atoms with van der Waals surface area (Å²) in [5.41, 5.74) is 2.57. The van der Waals surface area contributed by atoms with Crippen molar-refractivity contribution in [2.24, 2.45) is 11.3 Å². The van der Waals surface area contributed by atoms with Crippen LogP contribution in [0, 0.1) is 11.3 Å². The first-order valence-corrected chi connectivity index (χ1v) is 12.8. The molecule has 0 amide bonds. The van der Waals surface area contributed by atoms with Gasteiger partial charge in [-0.2, -0.15) is 0 Å². The van der Waals surface area contributed by atoms with E-state index >= 15 is 0 Å². The Morgan fingerprint density at radius 3 is 2.26 bits per heavy atom. The number of hydrogen-bond acceptors (Lipinski definition) is 4. The van der Waals surface area contributed by atoms with Gasteiger partial charge in [-0.15, -0.1) is 0 Å². The van der Waals surface area contributed by atoms with Gasteiger partial charge in [-0.05, 0) is 85.3 Å². The Labute approximate surface area is 186 Å². The molecule has 2 saturated carbocycles. The average molecular weight is 444 g/mol. The number of sulfonamides is 1. The maximum atomic E-state index is 12.7. The smallest absolute Gasteiger partial charge is 0.240 e. The second kappa shape index (κ2) is 9.72. The summed E-state index contributed by atoms with van der Waals surface area (Å²) in [6.07, 6.45) is 7.75. The molecule has 2 aliphatic carbocycles. The standard InChI is InChI=1S/C25H33NO4S/c1-29-23-9-11-24(12-10-23)31(27,28)26-19-25(14-2-15-25)17-21-5-3-20(4-6-21)13-16-30-18-22-7-8-22/h3-6,9-12,22,26H,2,7-8,13-19H2,1H3. The molecule has 2 aliphatic rings. The lowest BCUT2D eigenvalue weighted by Gasteiger charge is -2.42. The lowest BCUT2D eigenvalue weighted by atomic mass is 9.65. The maximum Gasteiger partial charge on any atom is 0.240 e. The number of nitrogens with one attached hydrogen (secondary N) is 1. The molecule has 0 unspecified atom stereocenters. The number of benzene rings is 2. The fourth-order valence-corrected chi connectivity index (χ4v) is 5.32. The Morgan fingerprint density at radius 1 is 1.00 bits per heavy atom. The molecule has 0 heterocycles. The summed E-state index contributed by atoms with van der Waals surface area (Å²) in [7, 11) is -1.96. The molecule has 2 aromatic carbocycles. The fourth-order valence-electron chi connectivity index (χ4n) is 4.16. The van der Waals surface area contributed by atoms with Gasteiger partial charge in [0.05, 0.1) is 18.6 Å². The summed E-state index contributed by atoms with van der Waals surface area (Å²) in [5.74, 6) is 1.45. The van der Waals surface area contributed by atoms with Crippen molar-refractivity contribution in [3.05, 3.63) is 59.7 Å². The lowest BCUT2D eigenvalue weighted by Crippen LogP contribution is -2.43. The van der Waals surface area contributed by atoms with Crippen LogP contribution < -0.4 is 9.46 Å². The zero-order valence-corrected chi connectivity index (χ0v) is 19.1. The largest absolute Gasteiger partial charge is 0.497 e. The van der Waals surface area contributed by atoms with E-state index in [1.807, 2.05) is 0 Å². The Balaban J connectivity index is 1.30. The molecule has 4 rings (SSSR count). The average Bonchev–Trinajstić information content (AvgIpc) is 3.58. The number of ether oxygens (including phenoxy) is 2. The molecule has 2 aromatic rings. The van der Waals surface area contributed by atoms with Gasteiger partial charge in [-0.25, -0.2) is 13.1 Å². The van der Waals surface area contributed by atoms with Crippen LogP contribution in [-0.2, 0) is 27.6 Å². The van der Waals surface area contributed by atoms with Gasteiger partial charge in [0.1, 0.15) is 5.75 Å². The zero-order valence-electron chi connectivity index (χ0n) is 18.3. The molecule has 0 atom stereocenters. The first kappa shape index (κ1) is 22.3. The predicted octanol–water partition coefficient (Wildman–Crippen LogP) is 4.36. The molecular weight excluding hydrogens is 410 g/mol. The third-order valence-electron chi connectivity index (χ3n) is 6.61. The predicted molar refractivity (Wildman–Crippen MR) is 122 cm³/mol. The van der Waals surface area contributed by atoms with E-state index in [1.165, 1.54) is 24.0 Å². The van der Waals surface area contributed by atoms with Gasteiger partial charge in [0.25, 0.3) is 0 Å². The van der Waals surface area contributed by atoms with Crippen molar-refractivity contribution in [3.63, 3.8) is 0 Å². The van der Waals surface area contributed by atoms with Crippen LogP contribution in [0.15, 0.2) is 53.4 Å². The Bertz CT molecular complexity index is 946. The first-order chi connectivity index (χ1) is 15.0. The molecular formula is C25H33NO4S. The minimum atomic E-state index is -3.53. The van der Waals surface area contributed by atoms with E-state index in [1.54, 1.807) is 31.4 Å². The van der Waals surface area contributed by atoms with E-state index in [9.17, 15) is 8.42 Å².